The average molecular weight is 244 g/mol. The molecule has 0 bridgehead atoms. The Balaban J connectivity index is 0.000000771. The zero-order valence-corrected chi connectivity index (χ0v) is 10.9. The van der Waals surface area contributed by atoms with Crippen molar-refractivity contribution in [3.63, 3.8) is 0 Å². The molecule has 0 spiro atoms. The Morgan fingerprint density at radius 1 is 0.833 bits per heavy atom. The van der Waals surface area contributed by atoms with Gasteiger partial charge in [0.05, 0.1) is 0 Å². The van der Waals surface area contributed by atoms with Crippen molar-refractivity contribution in [3.05, 3.63) is 70.1 Å². The quantitative estimate of drug-likeness (QED) is 0.735. The molecule has 0 radical (unpaired) electrons. The first-order chi connectivity index (χ1) is 8.70. The molecule has 0 saturated carbocycles. The summed E-state index contributed by atoms with van der Waals surface area (Å²) in [5, 5.41) is 0. The van der Waals surface area contributed by atoms with E-state index < -0.39 is 0 Å². The minimum absolute atomic E-state index is 0.172. The van der Waals surface area contributed by atoms with Crippen molar-refractivity contribution in [2.24, 2.45) is 0 Å². The molecule has 0 heterocycles. The fraction of sp³-hybridized carbons (Fsp3) is 0.188. The van der Waals surface area contributed by atoms with E-state index in [2.05, 4.69) is 0 Å². The SMILES string of the molecule is CC.Cc1cccc(-c2cccccc2=O)c1F. The second kappa shape index (κ2) is 6.70. The molecule has 0 fully saturated rings. The fourth-order valence-electron chi connectivity index (χ4n) is 1.61. The van der Waals surface area contributed by atoms with Crippen LogP contribution in [0, 0.1) is 12.7 Å². The van der Waals surface area contributed by atoms with Crippen LogP contribution >= 0.6 is 0 Å². The van der Waals surface area contributed by atoms with E-state index in [4.69, 9.17) is 0 Å². The van der Waals surface area contributed by atoms with Crippen LogP contribution in [0.15, 0.2) is 53.3 Å². The standard InChI is InChI=1S/C14H11FO.C2H6/c1-10-6-5-8-12(14(10)15)11-7-3-2-4-9-13(11)16;1-2/h2-9H,1H3;1-2H3. The first-order valence-electron chi connectivity index (χ1n) is 6.05. The zero-order valence-electron chi connectivity index (χ0n) is 10.9. The van der Waals surface area contributed by atoms with Crippen molar-refractivity contribution in [2.45, 2.75) is 20.8 Å². The van der Waals surface area contributed by atoms with E-state index in [-0.39, 0.29) is 11.2 Å². The number of hydrogen-bond acceptors (Lipinski definition) is 1. The Hall–Kier alpha value is -1.96. The zero-order chi connectivity index (χ0) is 13.5. The molecule has 0 aliphatic carbocycles. The molecule has 2 rings (SSSR count). The molecule has 2 aromatic rings. The molecule has 0 atom stereocenters. The maximum absolute atomic E-state index is 13.9. The molecule has 0 N–H and O–H groups in total. The first kappa shape index (κ1) is 14.1. The highest BCUT2D eigenvalue weighted by molar-refractivity contribution is 5.64. The van der Waals surface area contributed by atoms with Gasteiger partial charge in [0.25, 0.3) is 0 Å². The molecule has 2 aromatic carbocycles. The van der Waals surface area contributed by atoms with Crippen LogP contribution in [0.3, 0.4) is 0 Å². The highest BCUT2D eigenvalue weighted by Gasteiger charge is 2.08. The van der Waals surface area contributed by atoms with Crippen molar-refractivity contribution >= 4 is 0 Å². The summed E-state index contributed by atoms with van der Waals surface area (Å²) in [6.45, 7) is 5.69. The van der Waals surface area contributed by atoms with E-state index in [1.165, 1.54) is 6.07 Å². The molecule has 0 amide bonds. The molecular weight excluding hydrogens is 227 g/mol. The van der Waals surface area contributed by atoms with Crippen molar-refractivity contribution in [3.8, 4) is 11.1 Å². The highest BCUT2D eigenvalue weighted by Crippen LogP contribution is 2.21. The average Bonchev–Trinajstić information content (AvgIpc) is 2.60. The van der Waals surface area contributed by atoms with Gasteiger partial charge in [-0.25, -0.2) is 4.39 Å². The summed E-state index contributed by atoms with van der Waals surface area (Å²) < 4.78 is 13.9. The number of hydrogen-bond donors (Lipinski definition) is 0. The maximum Gasteiger partial charge on any atom is 0.186 e. The van der Waals surface area contributed by atoms with E-state index in [0.717, 1.165) is 0 Å². The van der Waals surface area contributed by atoms with Gasteiger partial charge in [0.2, 0.25) is 0 Å². The lowest BCUT2D eigenvalue weighted by Crippen LogP contribution is -2.01. The number of halogens is 1. The predicted octanol–water partition coefficient (Wildman–Crippen LogP) is 4.19. The van der Waals surface area contributed by atoms with Gasteiger partial charge in [0, 0.05) is 11.1 Å². The summed E-state index contributed by atoms with van der Waals surface area (Å²) in [6, 6.07) is 13.3. The second-order valence-electron chi connectivity index (χ2n) is 3.63. The molecule has 0 saturated heterocycles. The van der Waals surface area contributed by atoms with Crippen LogP contribution in [0.4, 0.5) is 4.39 Å². The Kier molecular flexibility index (Phi) is 5.25. The smallest absolute Gasteiger partial charge is 0.186 e. The lowest BCUT2D eigenvalue weighted by molar-refractivity contribution is 0.622. The van der Waals surface area contributed by atoms with E-state index in [1.807, 2.05) is 13.8 Å². The summed E-state index contributed by atoms with van der Waals surface area (Å²) in [5.74, 6) is -0.328. The van der Waals surface area contributed by atoms with E-state index in [9.17, 15) is 9.18 Å². The van der Waals surface area contributed by atoms with Crippen LogP contribution in [0.25, 0.3) is 11.1 Å². The van der Waals surface area contributed by atoms with E-state index in [0.29, 0.717) is 16.7 Å². The van der Waals surface area contributed by atoms with Crippen LogP contribution < -0.4 is 5.43 Å². The van der Waals surface area contributed by atoms with Gasteiger partial charge < -0.3 is 0 Å². The van der Waals surface area contributed by atoms with Crippen molar-refractivity contribution < 1.29 is 4.39 Å². The molecule has 0 aromatic heterocycles. The normalized spacial score (nSPS) is 9.33. The van der Waals surface area contributed by atoms with Gasteiger partial charge in [0.1, 0.15) is 5.82 Å². The second-order valence-corrected chi connectivity index (χ2v) is 3.63. The van der Waals surface area contributed by atoms with Gasteiger partial charge in [-0.15, -0.1) is 0 Å². The summed E-state index contributed by atoms with van der Waals surface area (Å²) in [6.07, 6.45) is 0. The van der Waals surface area contributed by atoms with Gasteiger partial charge in [0.15, 0.2) is 5.43 Å². The van der Waals surface area contributed by atoms with E-state index in [1.54, 1.807) is 49.4 Å². The highest BCUT2D eigenvalue weighted by atomic mass is 19.1. The summed E-state index contributed by atoms with van der Waals surface area (Å²) in [4.78, 5) is 11.7. The predicted molar refractivity (Wildman–Crippen MR) is 74.2 cm³/mol. The number of benzene rings is 1. The Bertz CT molecular complexity index is 576. The minimum Gasteiger partial charge on any atom is -0.289 e. The van der Waals surface area contributed by atoms with Gasteiger partial charge >= 0.3 is 0 Å². The minimum atomic E-state index is -0.328. The molecule has 0 unspecified atom stereocenters. The van der Waals surface area contributed by atoms with Crippen LogP contribution in [-0.2, 0) is 0 Å². The summed E-state index contributed by atoms with van der Waals surface area (Å²) >= 11 is 0. The monoisotopic (exact) mass is 244 g/mol. The third-order valence-electron chi connectivity index (χ3n) is 2.48. The number of rotatable bonds is 1. The van der Waals surface area contributed by atoms with Crippen molar-refractivity contribution in [2.75, 3.05) is 0 Å². The Morgan fingerprint density at radius 3 is 2.17 bits per heavy atom. The molecule has 0 aliphatic heterocycles. The first-order valence-corrected chi connectivity index (χ1v) is 6.05. The topological polar surface area (TPSA) is 17.1 Å². The Labute approximate surface area is 107 Å². The third-order valence-corrected chi connectivity index (χ3v) is 2.48. The summed E-state index contributed by atoms with van der Waals surface area (Å²) in [7, 11) is 0. The van der Waals surface area contributed by atoms with Crippen LogP contribution in [0.5, 0.6) is 0 Å². The molecule has 0 aliphatic rings. The Morgan fingerprint density at radius 2 is 1.44 bits per heavy atom. The number of aryl methyl sites for hydroxylation is 1. The molecule has 18 heavy (non-hydrogen) atoms. The largest absolute Gasteiger partial charge is 0.289 e. The van der Waals surface area contributed by atoms with Crippen molar-refractivity contribution in [1.82, 2.24) is 0 Å². The van der Waals surface area contributed by atoms with Gasteiger partial charge in [-0.3, -0.25) is 4.79 Å². The fourth-order valence-corrected chi connectivity index (χ4v) is 1.61. The van der Waals surface area contributed by atoms with Gasteiger partial charge in [-0.1, -0.05) is 56.3 Å². The summed E-state index contributed by atoms with van der Waals surface area (Å²) in [5.41, 5.74) is 1.13. The van der Waals surface area contributed by atoms with Gasteiger partial charge in [-0.05, 0) is 18.6 Å². The van der Waals surface area contributed by atoms with Crippen molar-refractivity contribution in [1.29, 1.82) is 0 Å². The van der Waals surface area contributed by atoms with Crippen LogP contribution in [0.1, 0.15) is 19.4 Å². The third kappa shape index (κ3) is 3.04. The van der Waals surface area contributed by atoms with E-state index >= 15 is 0 Å². The van der Waals surface area contributed by atoms with Crippen LogP contribution in [-0.4, -0.2) is 0 Å². The molecule has 94 valence electrons. The van der Waals surface area contributed by atoms with Gasteiger partial charge in [-0.2, -0.15) is 0 Å². The molecule has 2 heteroatoms. The van der Waals surface area contributed by atoms with Crippen LogP contribution in [0.2, 0.25) is 0 Å². The lowest BCUT2D eigenvalue weighted by Gasteiger charge is -2.02. The molecule has 1 nitrogen and oxygen atoms in total. The lowest BCUT2D eigenvalue weighted by atomic mass is 10.0. The maximum atomic E-state index is 13.9. The molecular formula is C16H17FO.